The number of nitrogen functional groups attached to an aromatic ring is 2. The van der Waals surface area contributed by atoms with E-state index >= 15 is 0 Å². The molecule has 1 saturated carbocycles. The second kappa shape index (κ2) is 11.5. The number of thiol groups is 1. The summed E-state index contributed by atoms with van der Waals surface area (Å²) in [5.41, 5.74) is 14.3. The van der Waals surface area contributed by atoms with Crippen LogP contribution in [-0.4, -0.2) is 74.0 Å². The van der Waals surface area contributed by atoms with Crippen molar-refractivity contribution in [3.05, 3.63) is 24.7 Å². The lowest BCUT2D eigenvalue weighted by atomic mass is 10.2. The van der Waals surface area contributed by atoms with E-state index in [9.17, 15) is 9.79 Å². The Bertz CT molecular complexity index is 1620. The highest BCUT2D eigenvalue weighted by Gasteiger charge is 2.42. The highest BCUT2D eigenvalue weighted by molar-refractivity contribution is 8.41. The molecule has 2 aliphatic rings. The summed E-state index contributed by atoms with van der Waals surface area (Å²) in [5.74, 6) is 0.632. The molecule has 6 rings (SSSR count). The van der Waals surface area contributed by atoms with Crippen molar-refractivity contribution in [1.29, 1.82) is 0 Å². The van der Waals surface area contributed by atoms with Gasteiger partial charge in [-0.3, -0.25) is 4.57 Å². The Morgan fingerprint density at radius 3 is 2.66 bits per heavy atom. The smallest absolute Gasteiger partial charge is 0.322 e. The van der Waals surface area contributed by atoms with Crippen molar-refractivity contribution in [2.24, 2.45) is 0 Å². The van der Waals surface area contributed by atoms with Crippen LogP contribution in [0.2, 0.25) is 0 Å². The highest BCUT2D eigenvalue weighted by Crippen LogP contribution is 2.52. The number of aryl methyl sites for hydroxylation is 1. The minimum absolute atomic E-state index is 0.195. The molecule has 2 fully saturated rings. The number of rotatable bonds is 9. The number of nitrogens with zero attached hydrogens (tertiary/aromatic N) is 8. The predicted octanol–water partition coefficient (Wildman–Crippen LogP) is 2.30. The molecule has 6 N–H and O–H groups in total. The molecule has 1 saturated heterocycles. The van der Waals surface area contributed by atoms with Gasteiger partial charge in [0.1, 0.15) is 30.2 Å². The zero-order chi connectivity index (χ0) is 28.9. The van der Waals surface area contributed by atoms with Gasteiger partial charge in [-0.15, -0.1) is 0 Å². The summed E-state index contributed by atoms with van der Waals surface area (Å²) in [5, 5.41) is 5.28. The summed E-state index contributed by atoms with van der Waals surface area (Å²) in [6.07, 6.45) is 5.03. The largest absolute Gasteiger partial charge is 0.383 e. The minimum atomic E-state index is -3.90. The van der Waals surface area contributed by atoms with E-state index in [2.05, 4.69) is 42.3 Å². The van der Waals surface area contributed by atoms with Crippen LogP contribution >= 0.6 is 26.5 Å². The van der Waals surface area contributed by atoms with Gasteiger partial charge in [0.2, 0.25) is 7.58 Å². The molecule has 16 nitrogen and oxygen atoms in total. The van der Waals surface area contributed by atoms with Gasteiger partial charge < -0.3 is 39.6 Å². The van der Waals surface area contributed by atoms with Gasteiger partial charge in [-0.05, 0) is 38.0 Å². The molecule has 0 amide bonds. The number of aromatic nitrogens is 8. The average molecular weight is 643 g/mol. The van der Waals surface area contributed by atoms with Gasteiger partial charge in [-0.1, -0.05) is 12.2 Å². The fourth-order valence-electron chi connectivity index (χ4n) is 5.37. The van der Waals surface area contributed by atoms with Crippen molar-refractivity contribution in [3.8, 4) is 0 Å². The number of hydrogen-bond acceptors (Lipinski definition) is 14. The van der Waals surface area contributed by atoms with Crippen LogP contribution in [0.3, 0.4) is 0 Å². The normalized spacial score (nSPS) is 25.9. The zero-order valence-corrected chi connectivity index (χ0v) is 25.2. The Labute approximate surface area is 245 Å². The standard InChI is InChI=1S/C21H28N10O6P2S2/c1-10-16-18(22)24-7-26-20(16)31(29-10)13-4-12(37-39(32,33)41)5-14(13)36-38(40)34-6-11-2-3-15(35-11)30-9-28-17-19(23)25-8-27-21(17)30/h7-9,11-15,40H,2-6H2,1H3,(H2,22,24,26)(H2,23,25,27)(H2,32,33,41)/t11?,12?,13?,14-,15?,38?/m1/s1. The number of ether oxygens (including phenoxy) is 1. The van der Waals surface area contributed by atoms with Gasteiger partial charge >= 0.3 is 6.72 Å². The summed E-state index contributed by atoms with van der Waals surface area (Å²) >= 11 is 9.28. The van der Waals surface area contributed by atoms with Crippen LogP contribution in [0.5, 0.6) is 0 Å². The van der Waals surface area contributed by atoms with Crippen molar-refractivity contribution in [3.63, 3.8) is 0 Å². The molecule has 1 aliphatic carbocycles. The van der Waals surface area contributed by atoms with Crippen LogP contribution in [0.25, 0.3) is 22.2 Å². The first kappa shape index (κ1) is 29.0. The molecule has 4 aromatic heterocycles. The van der Waals surface area contributed by atoms with E-state index in [1.54, 1.807) is 11.0 Å². The number of nitrogens with two attached hydrogens (primary N) is 2. The third-order valence-electron chi connectivity index (χ3n) is 7.10. The maximum absolute atomic E-state index is 9.77. The average Bonchev–Trinajstić information content (AvgIpc) is 3.68. The summed E-state index contributed by atoms with van der Waals surface area (Å²) in [4.78, 5) is 40.6. The molecule has 220 valence electrons. The molecular formula is C21H28N10O6P2S2. The molecule has 5 unspecified atom stereocenters. The van der Waals surface area contributed by atoms with Crippen LogP contribution in [-0.2, 0) is 30.1 Å². The zero-order valence-electron chi connectivity index (χ0n) is 21.7. The fourth-order valence-corrected chi connectivity index (χ4v) is 7.67. The van der Waals surface area contributed by atoms with Gasteiger partial charge in [-0.25, -0.2) is 29.6 Å². The number of imidazole rings is 1. The third-order valence-corrected chi connectivity index (χ3v) is 9.38. The van der Waals surface area contributed by atoms with Crippen LogP contribution < -0.4 is 11.5 Å². The van der Waals surface area contributed by atoms with Gasteiger partial charge in [-0.2, -0.15) is 5.10 Å². The number of hydrogen-bond donors (Lipinski definition) is 5. The van der Waals surface area contributed by atoms with E-state index in [-0.39, 0.29) is 25.0 Å². The molecule has 5 heterocycles. The van der Waals surface area contributed by atoms with Crippen LogP contribution in [0.4, 0.5) is 11.6 Å². The van der Waals surface area contributed by atoms with Gasteiger partial charge in [0.15, 0.2) is 17.1 Å². The summed E-state index contributed by atoms with van der Waals surface area (Å²) < 4.78 is 27.4. The lowest BCUT2D eigenvalue weighted by Gasteiger charge is -2.24. The van der Waals surface area contributed by atoms with E-state index in [4.69, 9.17) is 41.6 Å². The SMILES string of the molecule is Cc1nn(C2CC(OP(O)(O)=S)C[C@H]2OP(S)OCC2CCC(n3cnc4c(N)ncnc43)O2)c2ncnc(N)c12. The van der Waals surface area contributed by atoms with Crippen LogP contribution in [0.1, 0.15) is 43.6 Å². The first-order valence-corrected chi connectivity index (χ1v) is 17.6. The van der Waals surface area contributed by atoms with Crippen molar-refractivity contribution < 1.29 is 28.1 Å². The Morgan fingerprint density at radius 2 is 1.88 bits per heavy atom. The van der Waals surface area contributed by atoms with E-state index in [1.165, 1.54) is 12.7 Å². The molecule has 0 spiro atoms. The maximum atomic E-state index is 9.77. The third kappa shape index (κ3) is 6.04. The summed E-state index contributed by atoms with van der Waals surface area (Å²) in [6, 6.07) is -0.385. The van der Waals surface area contributed by atoms with Gasteiger partial charge in [0.05, 0.1) is 48.4 Å². The molecule has 0 radical (unpaired) electrons. The molecule has 41 heavy (non-hydrogen) atoms. The highest BCUT2D eigenvalue weighted by atomic mass is 32.7. The monoisotopic (exact) mass is 642 g/mol. The summed E-state index contributed by atoms with van der Waals surface area (Å²) in [7, 11) is -1.65. The van der Waals surface area contributed by atoms with E-state index in [0.29, 0.717) is 52.4 Å². The maximum Gasteiger partial charge on any atom is 0.322 e. The Morgan fingerprint density at radius 1 is 1.12 bits per heavy atom. The van der Waals surface area contributed by atoms with E-state index in [0.717, 1.165) is 12.8 Å². The van der Waals surface area contributed by atoms with E-state index in [1.807, 2.05) is 11.5 Å². The van der Waals surface area contributed by atoms with Crippen LogP contribution in [0.15, 0.2) is 19.0 Å². The first-order chi connectivity index (χ1) is 19.6. The van der Waals surface area contributed by atoms with Crippen LogP contribution in [0, 0.1) is 6.92 Å². The minimum Gasteiger partial charge on any atom is -0.383 e. The van der Waals surface area contributed by atoms with Crippen molar-refractivity contribution in [2.75, 3.05) is 18.1 Å². The fraction of sp³-hybridized carbons (Fsp3) is 0.524. The molecule has 6 atom stereocenters. The van der Waals surface area contributed by atoms with Crippen molar-refractivity contribution in [2.45, 2.75) is 63.2 Å². The predicted molar refractivity (Wildman–Crippen MR) is 156 cm³/mol. The molecule has 4 aromatic rings. The van der Waals surface area contributed by atoms with Gasteiger partial charge in [0, 0.05) is 6.42 Å². The topological polar surface area (TPSA) is 217 Å². The number of anilines is 2. The second-order valence-corrected chi connectivity index (χ2v) is 14.3. The lowest BCUT2D eigenvalue weighted by Crippen LogP contribution is -2.22. The van der Waals surface area contributed by atoms with Crippen molar-refractivity contribution >= 4 is 72.2 Å². The van der Waals surface area contributed by atoms with E-state index < -0.39 is 26.5 Å². The van der Waals surface area contributed by atoms with Gasteiger partial charge in [0.25, 0.3) is 0 Å². The second-order valence-electron chi connectivity index (χ2n) is 9.79. The quantitative estimate of drug-likeness (QED) is 0.131. The Kier molecular flexibility index (Phi) is 8.15. The molecule has 1 aliphatic heterocycles. The first-order valence-electron chi connectivity index (χ1n) is 12.6. The molecule has 0 bridgehead atoms. The Balaban J connectivity index is 1.12. The van der Waals surface area contributed by atoms with Crippen molar-refractivity contribution in [1.82, 2.24) is 39.3 Å². The summed E-state index contributed by atoms with van der Waals surface area (Å²) in [6.45, 7) is -1.82. The molecular weight excluding hydrogens is 614 g/mol. The number of fused-ring (bicyclic) bond motifs is 2. The lowest BCUT2D eigenvalue weighted by molar-refractivity contribution is -0.0167. The molecule has 0 aromatic carbocycles. The molecule has 20 heteroatoms. The Hall–Kier alpha value is -2.11.